The first-order chi connectivity index (χ1) is 6.27. The first kappa shape index (κ1) is 8.63. The molecule has 0 amide bonds. The summed E-state index contributed by atoms with van der Waals surface area (Å²) in [6.07, 6.45) is 0.814. The Morgan fingerprint density at radius 3 is 2.62 bits per heavy atom. The number of rotatable bonds is 3. The molecule has 13 heavy (non-hydrogen) atoms. The van der Waals surface area contributed by atoms with Crippen LogP contribution in [0, 0.1) is 5.92 Å². The van der Waals surface area contributed by atoms with Crippen molar-refractivity contribution in [3.05, 3.63) is 30.3 Å². The van der Waals surface area contributed by atoms with Gasteiger partial charge < -0.3 is 5.11 Å². The van der Waals surface area contributed by atoms with E-state index < -0.39 is 5.97 Å². The molecule has 1 aliphatic rings. The average molecular weight is 194 g/mol. The molecule has 2 rings (SSSR count). The Hall–Kier alpha value is -0.960. The van der Waals surface area contributed by atoms with Crippen molar-refractivity contribution < 1.29 is 9.90 Å². The second-order valence-corrected chi connectivity index (χ2v) is 4.46. The van der Waals surface area contributed by atoms with Crippen LogP contribution < -0.4 is 0 Å². The molecule has 1 aliphatic carbocycles. The number of benzene rings is 1. The molecule has 1 aromatic carbocycles. The zero-order chi connectivity index (χ0) is 9.26. The molecular formula is C10H10O2S. The largest absolute Gasteiger partial charge is 0.481 e. The van der Waals surface area contributed by atoms with Gasteiger partial charge in [0.1, 0.15) is 0 Å². The van der Waals surface area contributed by atoms with Gasteiger partial charge in [0.15, 0.2) is 0 Å². The summed E-state index contributed by atoms with van der Waals surface area (Å²) in [7, 11) is 0. The van der Waals surface area contributed by atoms with Crippen molar-refractivity contribution in [2.45, 2.75) is 16.6 Å². The molecule has 0 aliphatic heterocycles. The van der Waals surface area contributed by atoms with Gasteiger partial charge in [-0.3, -0.25) is 4.79 Å². The molecule has 0 saturated heterocycles. The summed E-state index contributed by atoms with van der Waals surface area (Å²) in [6, 6.07) is 9.94. The molecule has 0 unspecified atom stereocenters. The highest BCUT2D eigenvalue weighted by atomic mass is 32.2. The van der Waals surface area contributed by atoms with Gasteiger partial charge in [-0.15, -0.1) is 11.8 Å². The smallest absolute Gasteiger partial charge is 0.307 e. The highest BCUT2D eigenvalue weighted by Crippen LogP contribution is 2.45. The standard InChI is InChI=1S/C10H10O2S/c11-10(12)8-6-9(8)13-7-4-2-1-3-5-7/h1-5,8-9H,6H2,(H,11,12)/t8-,9-/m1/s1. The number of carbonyl (C=O) groups is 1. The van der Waals surface area contributed by atoms with Gasteiger partial charge in [-0.25, -0.2) is 0 Å². The highest BCUT2D eigenvalue weighted by molar-refractivity contribution is 8.00. The zero-order valence-electron chi connectivity index (χ0n) is 7.01. The van der Waals surface area contributed by atoms with E-state index in [-0.39, 0.29) is 5.92 Å². The molecule has 2 atom stereocenters. The molecule has 68 valence electrons. The topological polar surface area (TPSA) is 37.3 Å². The van der Waals surface area contributed by atoms with E-state index >= 15 is 0 Å². The minimum absolute atomic E-state index is 0.120. The molecule has 1 saturated carbocycles. The second-order valence-electron chi connectivity index (χ2n) is 3.15. The lowest BCUT2D eigenvalue weighted by Gasteiger charge is -1.97. The molecule has 0 aromatic heterocycles. The third-order valence-electron chi connectivity index (χ3n) is 2.08. The molecule has 1 N–H and O–H groups in total. The Kier molecular flexibility index (Phi) is 2.27. The summed E-state index contributed by atoms with van der Waals surface area (Å²) in [5, 5.41) is 8.98. The van der Waals surface area contributed by atoms with Crippen molar-refractivity contribution in [2.75, 3.05) is 0 Å². The molecule has 3 heteroatoms. The third-order valence-corrected chi connectivity index (χ3v) is 3.45. The van der Waals surface area contributed by atoms with E-state index in [0.717, 1.165) is 11.3 Å². The van der Waals surface area contributed by atoms with E-state index in [0.29, 0.717) is 5.25 Å². The average Bonchev–Trinajstić information content (AvgIpc) is 2.86. The summed E-state index contributed by atoms with van der Waals surface area (Å²) in [5.74, 6) is -0.779. The van der Waals surface area contributed by atoms with Crippen LogP contribution in [0.3, 0.4) is 0 Å². The van der Waals surface area contributed by atoms with Crippen LogP contribution in [0.5, 0.6) is 0 Å². The molecular weight excluding hydrogens is 184 g/mol. The van der Waals surface area contributed by atoms with Crippen molar-refractivity contribution in [2.24, 2.45) is 5.92 Å². The Balaban J connectivity index is 1.92. The fourth-order valence-electron chi connectivity index (χ4n) is 1.24. The number of hydrogen-bond acceptors (Lipinski definition) is 2. The van der Waals surface area contributed by atoms with E-state index in [1.807, 2.05) is 30.3 Å². The fraction of sp³-hybridized carbons (Fsp3) is 0.300. The number of thioether (sulfide) groups is 1. The van der Waals surface area contributed by atoms with Crippen LogP contribution in [0.2, 0.25) is 0 Å². The van der Waals surface area contributed by atoms with Crippen molar-refractivity contribution in [3.63, 3.8) is 0 Å². The Morgan fingerprint density at radius 2 is 2.08 bits per heavy atom. The van der Waals surface area contributed by atoms with E-state index in [1.165, 1.54) is 0 Å². The molecule has 1 aromatic rings. The minimum Gasteiger partial charge on any atom is -0.481 e. The van der Waals surface area contributed by atoms with Gasteiger partial charge in [-0.05, 0) is 18.6 Å². The van der Waals surface area contributed by atoms with E-state index in [2.05, 4.69) is 0 Å². The van der Waals surface area contributed by atoms with Crippen LogP contribution in [0.15, 0.2) is 35.2 Å². The summed E-state index contributed by atoms with van der Waals surface area (Å²) in [6.45, 7) is 0. The first-order valence-electron chi connectivity index (χ1n) is 4.22. The van der Waals surface area contributed by atoms with E-state index in [4.69, 9.17) is 5.11 Å². The van der Waals surface area contributed by atoms with Crippen molar-refractivity contribution in [1.29, 1.82) is 0 Å². The Labute approximate surface area is 81.0 Å². The van der Waals surface area contributed by atoms with E-state index in [1.54, 1.807) is 11.8 Å². The lowest BCUT2D eigenvalue weighted by molar-refractivity contribution is -0.138. The monoisotopic (exact) mass is 194 g/mol. The maximum absolute atomic E-state index is 10.5. The predicted octanol–water partition coefficient (Wildman–Crippen LogP) is 2.25. The van der Waals surface area contributed by atoms with Gasteiger partial charge in [-0.1, -0.05) is 18.2 Å². The second kappa shape index (κ2) is 3.42. The molecule has 0 radical (unpaired) electrons. The molecule has 0 bridgehead atoms. The van der Waals surface area contributed by atoms with Gasteiger partial charge in [0, 0.05) is 10.1 Å². The first-order valence-corrected chi connectivity index (χ1v) is 5.10. The third kappa shape index (κ3) is 2.04. The molecule has 1 fully saturated rings. The number of carboxylic acid groups (broad SMARTS) is 1. The Morgan fingerprint density at radius 1 is 1.38 bits per heavy atom. The summed E-state index contributed by atoms with van der Waals surface area (Å²) >= 11 is 1.67. The van der Waals surface area contributed by atoms with Crippen LogP contribution >= 0.6 is 11.8 Å². The van der Waals surface area contributed by atoms with Gasteiger partial charge in [0.25, 0.3) is 0 Å². The summed E-state index contributed by atoms with van der Waals surface area (Å²) in [5.41, 5.74) is 0. The highest BCUT2D eigenvalue weighted by Gasteiger charge is 2.43. The summed E-state index contributed by atoms with van der Waals surface area (Å²) < 4.78 is 0. The van der Waals surface area contributed by atoms with Crippen LogP contribution in [-0.2, 0) is 4.79 Å². The van der Waals surface area contributed by atoms with Gasteiger partial charge >= 0.3 is 5.97 Å². The summed E-state index contributed by atoms with van der Waals surface area (Å²) in [4.78, 5) is 11.7. The van der Waals surface area contributed by atoms with Crippen LogP contribution in [0.25, 0.3) is 0 Å². The van der Waals surface area contributed by atoms with Gasteiger partial charge in [-0.2, -0.15) is 0 Å². The van der Waals surface area contributed by atoms with Crippen molar-refractivity contribution in [1.82, 2.24) is 0 Å². The maximum Gasteiger partial charge on any atom is 0.307 e. The number of aliphatic carboxylic acids is 1. The lowest BCUT2D eigenvalue weighted by Crippen LogP contribution is -1.99. The van der Waals surface area contributed by atoms with Crippen LogP contribution in [-0.4, -0.2) is 16.3 Å². The lowest BCUT2D eigenvalue weighted by atomic mass is 10.4. The quantitative estimate of drug-likeness (QED) is 0.801. The SMILES string of the molecule is O=C(O)[C@@H]1C[C@H]1Sc1ccccc1. The maximum atomic E-state index is 10.5. The fourth-order valence-corrected chi connectivity index (χ4v) is 2.48. The zero-order valence-corrected chi connectivity index (χ0v) is 7.83. The number of hydrogen-bond donors (Lipinski definition) is 1. The van der Waals surface area contributed by atoms with E-state index in [9.17, 15) is 4.79 Å². The molecule has 0 spiro atoms. The predicted molar refractivity (Wildman–Crippen MR) is 51.8 cm³/mol. The van der Waals surface area contributed by atoms with Gasteiger partial charge in [0.05, 0.1) is 5.92 Å². The van der Waals surface area contributed by atoms with Crippen LogP contribution in [0.4, 0.5) is 0 Å². The van der Waals surface area contributed by atoms with Crippen LogP contribution in [0.1, 0.15) is 6.42 Å². The molecule has 2 nitrogen and oxygen atoms in total. The minimum atomic E-state index is -0.659. The number of carboxylic acids is 1. The Bertz CT molecular complexity index is 310. The van der Waals surface area contributed by atoms with Crippen molar-refractivity contribution in [3.8, 4) is 0 Å². The normalized spacial score (nSPS) is 25.5. The van der Waals surface area contributed by atoms with Gasteiger partial charge in [0.2, 0.25) is 0 Å². The van der Waals surface area contributed by atoms with Crippen molar-refractivity contribution >= 4 is 17.7 Å². The molecule has 0 heterocycles.